The summed E-state index contributed by atoms with van der Waals surface area (Å²) in [6.45, 7) is 1.91. The number of ketones is 1. The Morgan fingerprint density at radius 1 is 1.04 bits per heavy atom. The number of nitrogens with zero attached hydrogens (tertiary/aromatic N) is 1. The SMILES string of the molecule is Cc1cnc(NC(=O)c2ccccc2C(=O)c2ccc(Cl)cc2)s1. The number of halogens is 1. The van der Waals surface area contributed by atoms with Crippen molar-refractivity contribution in [2.24, 2.45) is 0 Å². The number of anilines is 1. The van der Waals surface area contributed by atoms with Crippen LogP contribution in [0.3, 0.4) is 0 Å². The van der Waals surface area contributed by atoms with Crippen LogP contribution < -0.4 is 5.32 Å². The maximum Gasteiger partial charge on any atom is 0.258 e. The molecule has 1 aromatic heterocycles. The maximum absolute atomic E-state index is 12.7. The number of nitrogens with one attached hydrogen (secondary N) is 1. The van der Waals surface area contributed by atoms with Crippen molar-refractivity contribution in [2.45, 2.75) is 6.92 Å². The van der Waals surface area contributed by atoms with Crippen molar-refractivity contribution in [1.82, 2.24) is 4.98 Å². The molecule has 0 spiro atoms. The fraction of sp³-hybridized carbons (Fsp3) is 0.0556. The number of aryl methyl sites for hydroxylation is 1. The van der Waals surface area contributed by atoms with Crippen LogP contribution in [-0.4, -0.2) is 16.7 Å². The molecule has 3 rings (SSSR count). The zero-order valence-electron chi connectivity index (χ0n) is 12.7. The molecule has 120 valence electrons. The molecule has 3 aromatic rings. The number of benzene rings is 2. The highest BCUT2D eigenvalue weighted by Gasteiger charge is 2.18. The average Bonchev–Trinajstić information content (AvgIpc) is 3.00. The van der Waals surface area contributed by atoms with Gasteiger partial charge in [0.15, 0.2) is 10.9 Å². The number of thiazole rings is 1. The number of hydrogen-bond acceptors (Lipinski definition) is 4. The molecule has 0 atom stereocenters. The highest BCUT2D eigenvalue weighted by molar-refractivity contribution is 7.15. The lowest BCUT2D eigenvalue weighted by molar-refractivity contribution is 0.0996. The van der Waals surface area contributed by atoms with Crippen molar-refractivity contribution in [3.05, 3.63) is 81.3 Å². The number of aromatic nitrogens is 1. The zero-order chi connectivity index (χ0) is 17.1. The minimum absolute atomic E-state index is 0.229. The second-order valence-electron chi connectivity index (χ2n) is 5.11. The minimum atomic E-state index is -0.359. The van der Waals surface area contributed by atoms with Crippen molar-refractivity contribution in [3.8, 4) is 0 Å². The lowest BCUT2D eigenvalue weighted by atomic mass is 9.98. The Bertz CT molecular complexity index is 903. The molecule has 2 aromatic carbocycles. The molecule has 0 aliphatic heterocycles. The first-order chi connectivity index (χ1) is 11.5. The Hall–Kier alpha value is -2.50. The highest BCUT2D eigenvalue weighted by Crippen LogP contribution is 2.20. The van der Waals surface area contributed by atoms with Crippen molar-refractivity contribution < 1.29 is 9.59 Å². The van der Waals surface area contributed by atoms with E-state index in [2.05, 4.69) is 10.3 Å². The summed E-state index contributed by atoms with van der Waals surface area (Å²) in [6.07, 6.45) is 1.69. The molecule has 0 fully saturated rings. The second-order valence-corrected chi connectivity index (χ2v) is 6.78. The van der Waals surface area contributed by atoms with E-state index in [4.69, 9.17) is 11.6 Å². The predicted octanol–water partition coefficient (Wildman–Crippen LogP) is 4.59. The number of amides is 1. The standard InChI is InChI=1S/C18H13ClN2O2S/c1-11-10-20-18(24-11)21-17(23)15-5-3-2-4-14(15)16(22)12-6-8-13(19)9-7-12/h2-10H,1H3,(H,20,21,23). The van der Waals surface area contributed by atoms with Crippen LogP contribution in [0.5, 0.6) is 0 Å². The monoisotopic (exact) mass is 356 g/mol. The third-order valence-electron chi connectivity index (χ3n) is 3.36. The van der Waals surface area contributed by atoms with Gasteiger partial charge in [0.1, 0.15) is 0 Å². The van der Waals surface area contributed by atoms with Crippen LogP contribution in [0.15, 0.2) is 54.7 Å². The molecule has 4 nitrogen and oxygen atoms in total. The Morgan fingerprint density at radius 2 is 1.71 bits per heavy atom. The fourth-order valence-corrected chi connectivity index (χ4v) is 3.00. The summed E-state index contributed by atoms with van der Waals surface area (Å²) in [7, 11) is 0. The summed E-state index contributed by atoms with van der Waals surface area (Å²) >= 11 is 7.24. The molecule has 0 saturated heterocycles. The van der Waals surface area contributed by atoms with Gasteiger partial charge in [-0.25, -0.2) is 4.98 Å². The first-order valence-electron chi connectivity index (χ1n) is 7.17. The van der Waals surface area contributed by atoms with Gasteiger partial charge in [-0.05, 0) is 37.3 Å². The van der Waals surface area contributed by atoms with Gasteiger partial charge in [-0.3, -0.25) is 14.9 Å². The Balaban J connectivity index is 1.91. The van der Waals surface area contributed by atoms with Crippen LogP contribution in [0.1, 0.15) is 31.2 Å². The quantitative estimate of drug-likeness (QED) is 0.695. The number of rotatable bonds is 4. The van der Waals surface area contributed by atoms with E-state index in [9.17, 15) is 9.59 Å². The van der Waals surface area contributed by atoms with Gasteiger partial charge < -0.3 is 0 Å². The van der Waals surface area contributed by atoms with Gasteiger partial charge in [-0.15, -0.1) is 11.3 Å². The highest BCUT2D eigenvalue weighted by atomic mass is 35.5. The lowest BCUT2D eigenvalue weighted by Gasteiger charge is -2.08. The van der Waals surface area contributed by atoms with E-state index in [-0.39, 0.29) is 11.7 Å². The molecule has 0 aliphatic carbocycles. The van der Waals surface area contributed by atoms with E-state index in [0.29, 0.717) is 26.8 Å². The zero-order valence-corrected chi connectivity index (χ0v) is 14.3. The molecule has 6 heteroatoms. The van der Waals surface area contributed by atoms with E-state index >= 15 is 0 Å². The van der Waals surface area contributed by atoms with Gasteiger partial charge in [-0.1, -0.05) is 29.8 Å². The average molecular weight is 357 g/mol. The molecule has 0 aliphatic rings. The maximum atomic E-state index is 12.7. The van der Waals surface area contributed by atoms with E-state index < -0.39 is 0 Å². The van der Waals surface area contributed by atoms with Gasteiger partial charge in [-0.2, -0.15) is 0 Å². The third-order valence-corrected chi connectivity index (χ3v) is 4.44. The first kappa shape index (κ1) is 16.4. The molecule has 1 heterocycles. The molecular formula is C18H13ClN2O2S. The van der Waals surface area contributed by atoms with Crippen molar-refractivity contribution in [3.63, 3.8) is 0 Å². The first-order valence-corrected chi connectivity index (χ1v) is 8.37. The number of carbonyl (C=O) groups is 2. The van der Waals surface area contributed by atoms with Crippen molar-refractivity contribution in [1.29, 1.82) is 0 Å². The molecule has 0 unspecified atom stereocenters. The third kappa shape index (κ3) is 3.53. The molecule has 0 radical (unpaired) electrons. The Morgan fingerprint density at radius 3 is 2.33 bits per heavy atom. The Kier molecular flexibility index (Phi) is 4.74. The van der Waals surface area contributed by atoms with E-state index in [1.54, 1.807) is 54.7 Å². The number of carbonyl (C=O) groups excluding carboxylic acids is 2. The lowest BCUT2D eigenvalue weighted by Crippen LogP contribution is -2.16. The second kappa shape index (κ2) is 6.95. The minimum Gasteiger partial charge on any atom is -0.298 e. The van der Waals surface area contributed by atoms with Crippen molar-refractivity contribution >= 4 is 39.8 Å². The predicted molar refractivity (Wildman–Crippen MR) is 96.1 cm³/mol. The van der Waals surface area contributed by atoms with Crippen LogP contribution >= 0.6 is 22.9 Å². The summed E-state index contributed by atoms with van der Waals surface area (Å²) in [5, 5.41) is 3.79. The summed E-state index contributed by atoms with van der Waals surface area (Å²) in [5.41, 5.74) is 1.13. The van der Waals surface area contributed by atoms with E-state index in [0.717, 1.165) is 4.88 Å². The van der Waals surface area contributed by atoms with Gasteiger partial charge in [0, 0.05) is 27.2 Å². The van der Waals surface area contributed by atoms with E-state index in [1.165, 1.54) is 11.3 Å². The molecular weight excluding hydrogens is 344 g/mol. The Labute approximate surface area is 148 Å². The normalized spacial score (nSPS) is 10.4. The molecule has 0 saturated carbocycles. The smallest absolute Gasteiger partial charge is 0.258 e. The summed E-state index contributed by atoms with van der Waals surface area (Å²) in [6, 6.07) is 13.3. The van der Waals surface area contributed by atoms with Crippen LogP contribution in [0, 0.1) is 6.92 Å². The van der Waals surface area contributed by atoms with Crippen molar-refractivity contribution in [2.75, 3.05) is 5.32 Å². The largest absolute Gasteiger partial charge is 0.298 e. The number of hydrogen-bond donors (Lipinski definition) is 1. The van der Waals surface area contributed by atoms with Crippen LogP contribution in [0.25, 0.3) is 0 Å². The molecule has 1 N–H and O–H groups in total. The van der Waals surface area contributed by atoms with E-state index in [1.807, 2.05) is 6.92 Å². The van der Waals surface area contributed by atoms with Gasteiger partial charge in [0.05, 0.1) is 5.56 Å². The van der Waals surface area contributed by atoms with Crippen LogP contribution in [0.2, 0.25) is 5.02 Å². The topological polar surface area (TPSA) is 59.1 Å². The van der Waals surface area contributed by atoms with Crippen LogP contribution in [0.4, 0.5) is 5.13 Å². The van der Waals surface area contributed by atoms with Gasteiger partial charge in [0.2, 0.25) is 0 Å². The molecule has 24 heavy (non-hydrogen) atoms. The molecule has 0 bridgehead atoms. The summed E-state index contributed by atoms with van der Waals surface area (Å²) < 4.78 is 0. The van der Waals surface area contributed by atoms with Gasteiger partial charge >= 0.3 is 0 Å². The van der Waals surface area contributed by atoms with Gasteiger partial charge in [0.25, 0.3) is 5.91 Å². The fourth-order valence-electron chi connectivity index (χ4n) is 2.21. The summed E-state index contributed by atoms with van der Waals surface area (Å²) in [5.74, 6) is -0.588. The summed E-state index contributed by atoms with van der Waals surface area (Å²) in [4.78, 5) is 30.3. The van der Waals surface area contributed by atoms with Crippen LogP contribution in [-0.2, 0) is 0 Å². The molecule has 1 amide bonds.